The molecule has 1 unspecified atom stereocenters. The number of Topliss-reactive ketones (excluding diaryl/α,β-unsaturated/α-hetero) is 3. The molecule has 0 aromatic heterocycles. The minimum Gasteiger partial charge on any atom is -0.405 e. The molecule has 1 saturated heterocycles. The smallest absolute Gasteiger partial charge is 0.405 e. The quantitative estimate of drug-likeness (QED) is 0.0550. The van der Waals surface area contributed by atoms with E-state index >= 15 is 0 Å². The second-order valence-corrected chi connectivity index (χ2v) is 21.8. The van der Waals surface area contributed by atoms with E-state index in [9.17, 15) is 29.1 Å². The summed E-state index contributed by atoms with van der Waals surface area (Å²) in [5.74, 6) is 0.405. The van der Waals surface area contributed by atoms with Crippen LogP contribution in [0.25, 0.3) is 0 Å². The first-order valence-corrected chi connectivity index (χ1v) is 24.0. The number of rotatable bonds is 25. The van der Waals surface area contributed by atoms with Gasteiger partial charge in [0.05, 0.1) is 23.9 Å². The highest BCUT2D eigenvalue weighted by Gasteiger charge is 2.68. The van der Waals surface area contributed by atoms with Crippen molar-refractivity contribution >= 4 is 36.3 Å². The predicted molar refractivity (Wildman–Crippen MR) is 232 cm³/mol. The zero-order valence-electron chi connectivity index (χ0n) is 37.8. The third-order valence-corrected chi connectivity index (χ3v) is 16.6. The Hall–Kier alpha value is -2.19. The van der Waals surface area contributed by atoms with Gasteiger partial charge in [-0.15, -0.1) is 0 Å². The van der Waals surface area contributed by atoms with Crippen LogP contribution in [0.1, 0.15) is 164 Å². The maximum Gasteiger partial charge on any atom is 0.461 e. The molecule has 8 fully saturated rings. The van der Waals surface area contributed by atoms with E-state index in [1.165, 1.54) is 51.9 Å². The van der Waals surface area contributed by atoms with Gasteiger partial charge < -0.3 is 36.5 Å². The van der Waals surface area contributed by atoms with Crippen molar-refractivity contribution in [2.45, 2.75) is 199 Å². The van der Waals surface area contributed by atoms with Crippen LogP contribution in [0.4, 0.5) is 0 Å². The van der Waals surface area contributed by atoms with Gasteiger partial charge >= 0.3 is 7.12 Å². The minimum absolute atomic E-state index is 0.00917. The molecule has 6 bridgehead atoms. The molecule has 2 amide bonds. The molecule has 12 nitrogen and oxygen atoms in total. The Labute approximate surface area is 360 Å². The highest BCUT2D eigenvalue weighted by Crippen LogP contribution is 2.66. The SMILES string of the molecule is C[C@H](CC(=O)[C@H](CCCCN)NC(=O)[C@H](C)CC(=O)[C@@H](NC(=O)[C@H](CCN)CC(=O)CCCCC12CC3CC(CC(C3)C1)C2)[C@@H](C)O)B1OC2C[C@@H]3C[C@@H](C3(C)C)[C@]2(C)O1. The van der Waals surface area contributed by atoms with Crippen LogP contribution in [0.3, 0.4) is 0 Å². The zero-order chi connectivity index (χ0) is 43.6. The van der Waals surface area contributed by atoms with Crippen LogP contribution in [-0.2, 0) is 33.3 Å². The van der Waals surface area contributed by atoms with Gasteiger partial charge in [-0.25, -0.2) is 0 Å². The van der Waals surface area contributed by atoms with Crippen LogP contribution in [0, 0.1) is 52.3 Å². The predicted octanol–water partition coefficient (Wildman–Crippen LogP) is 5.84. The topological polar surface area (TPSA) is 200 Å². The molecule has 8 aliphatic rings. The van der Waals surface area contributed by atoms with E-state index in [1.807, 2.05) is 6.92 Å². The van der Waals surface area contributed by atoms with Gasteiger partial charge in [0.25, 0.3) is 0 Å². The van der Waals surface area contributed by atoms with Crippen molar-refractivity contribution < 1.29 is 38.4 Å². The van der Waals surface area contributed by atoms with Crippen molar-refractivity contribution in [1.82, 2.24) is 10.6 Å². The lowest BCUT2D eigenvalue weighted by Gasteiger charge is -2.64. The molecule has 60 heavy (non-hydrogen) atoms. The fourth-order valence-corrected chi connectivity index (χ4v) is 13.4. The average molecular weight is 839 g/mol. The number of aliphatic hydroxyl groups excluding tert-OH is 1. The Morgan fingerprint density at radius 1 is 0.767 bits per heavy atom. The first-order chi connectivity index (χ1) is 28.4. The Morgan fingerprint density at radius 3 is 2.03 bits per heavy atom. The molecule has 7 saturated carbocycles. The summed E-state index contributed by atoms with van der Waals surface area (Å²) in [5.41, 5.74) is 11.9. The summed E-state index contributed by atoms with van der Waals surface area (Å²) in [5, 5.41) is 16.3. The van der Waals surface area contributed by atoms with E-state index in [1.54, 1.807) is 6.92 Å². The Morgan fingerprint density at radius 2 is 1.43 bits per heavy atom. The lowest BCUT2D eigenvalue weighted by Crippen LogP contribution is -2.65. The van der Waals surface area contributed by atoms with E-state index in [2.05, 4.69) is 31.4 Å². The second-order valence-electron chi connectivity index (χ2n) is 21.8. The van der Waals surface area contributed by atoms with Crippen molar-refractivity contribution in [3.8, 4) is 0 Å². The molecule has 13 heteroatoms. The largest absolute Gasteiger partial charge is 0.461 e. The molecular formula is C47H79BN4O8. The highest BCUT2D eigenvalue weighted by molar-refractivity contribution is 6.47. The summed E-state index contributed by atoms with van der Waals surface area (Å²) >= 11 is 0. The number of hydrogen-bond acceptors (Lipinski definition) is 10. The molecule has 1 heterocycles. The summed E-state index contributed by atoms with van der Waals surface area (Å²) < 4.78 is 13.1. The van der Waals surface area contributed by atoms with E-state index in [-0.39, 0.29) is 66.7 Å². The summed E-state index contributed by atoms with van der Waals surface area (Å²) in [6.07, 6.45) is 14.7. The van der Waals surface area contributed by atoms with Crippen molar-refractivity contribution in [3.63, 3.8) is 0 Å². The van der Waals surface area contributed by atoms with Gasteiger partial charge in [-0.05, 0) is 163 Å². The number of ketones is 3. The van der Waals surface area contributed by atoms with Gasteiger partial charge in [0, 0.05) is 37.5 Å². The minimum atomic E-state index is -1.26. The second kappa shape index (κ2) is 19.7. The third kappa shape index (κ3) is 10.6. The molecule has 0 aromatic rings. The molecule has 1 aliphatic heterocycles. The highest BCUT2D eigenvalue weighted by atomic mass is 16.7. The number of carbonyl (C=O) groups excluding carboxylic acids is 5. The maximum absolute atomic E-state index is 13.8. The summed E-state index contributed by atoms with van der Waals surface area (Å²) in [6, 6.07) is -2.03. The molecule has 7 aliphatic carbocycles. The Bertz CT molecular complexity index is 1520. The van der Waals surface area contributed by atoms with Crippen LogP contribution >= 0.6 is 0 Å². The van der Waals surface area contributed by atoms with Gasteiger partial charge in [0.1, 0.15) is 11.8 Å². The average Bonchev–Trinajstić information content (AvgIpc) is 3.55. The fraction of sp³-hybridized carbons (Fsp3) is 0.894. The molecule has 10 atom stereocenters. The van der Waals surface area contributed by atoms with Gasteiger partial charge in [0.2, 0.25) is 11.8 Å². The number of nitrogens with one attached hydrogen (secondary N) is 2. The van der Waals surface area contributed by atoms with Gasteiger partial charge in [-0.2, -0.15) is 0 Å². The van der Waals surface area contributed by atoms with Crippen molar-refractivity contribution in [2.24, 2.45) is 63.7 Å². The number of hydrogen-bond donors (Lipinski definition) is 5. The fourth-order valence-electron chi connectivity index (χ4n) is 13.4. The first kappa shape index (κ1) is 47.3. The summed E-state index contributed by atoms with van der Waals surface area (Å²) in [6.45, 7) is 12.4. The van der Waals surface area contributed by atoms with Crippen LogP contribution in [0.2, 0.25) is 5.82 Å². The first-order valence-electron chi connectivity index (χ1n) is 24.0. The van der Waals surface area contributed by atoms with Crippen LogP contribution in [0.5, 0.6) is 0 Å². The van der Waals surface area contributed by atoms with E-state index in [0.717, 1.165) is 43.4 Å². The van der Waals surface area contributed by atoms with Crippen molar-refractivity contribution in [3.05, 3.63) is 0 Å². The third-order valence-electron chi connectivity index (χ3n) is 16.6. The zero-order valence-corrected chi connectivity index (χ0v) is 37.8. The number of aliphatic hydroxyl groups is 1. The molecular weight excluding hydrogens is 759 g/mol. The summed E-state index contributed by atoms with van der Waals surface area (Å²) in [7, 11) is -0.507. The van der Waals surface area contributed by atoms with E-state index in [4.69, 9.17) is 20.8 Å². The number of amides is 2. The monoisotopic (exact) mass is 839 g/mol. The van der Waals surface area contributed by atoms with Gasteiger partial charge in [0.15, 0.2) is 11.6 Å². The number of nitrogens with two attached hydrogens (primary N) is 2. The number of unbranched alkanes of at least 4 members (excludes halogenated alkanes) is 2. The molecule has 338 valence electrons. The van der Waals surface area contributed by atoms with E-state index < -0.39 is 54.7 Å². The molecule has 0 aromatic carbocycles. The lowest BCUT2D eigenvalue weighted by molar-refractivity contribution is -0.199. The van der Waals surface area contributed by atoms with Crippen molar-refractivity contribution in [1.29, 1.82) is 0 Å². The number of carbonyl (C=O) groups is 5. The molecule has 8 rings (SSSR count). The summed E-state index contributed by atoms with van der Waals surface area (Å²) in [4.78, 5) is 67.7. The van der Waals surface area contributed by atoms with Crippen LogP contribution in [-0.4, -0.2) is 84.4 Å². The lowest BCUT2D eigenvalue weighted by atomic mass is 9.43. The standard InChI is InChI=1S/C47H79BN4O8/c1-28(43(57)51-37(12-8-10-15-49)38(55)18-29(2)48-59-41-24-35-23-40(45(35,4)5)46(41,6)60-48)17-39(56)42(30(3)53)52-44(58)34(13-16-50)22-36(54)11-7-9-14-47-25-31-19-32(26-47)21-33(20-31)27-47/h28-35,37,40-42,53H,7-27,49-50H2,1-6H3,(H,51,57)(H,52,58)/t28-,29-,30-,31?,32?,33?,34-,35+,37+,40+,41?,42+,46+,47?/m1/s1. The normalized spacial score (nSPS) is 33.8. The van der Waals surface area contributed by atoms with Gasteiger partial charge in [-0.1, -0.05) is 34.1 Å². The molecule has 7 N–H and O–H groups in total. The van der Waals surface area contributed by atoms with Gasteiger partial charge in [-0.3, -0.25) is 24.0 Å². The van der Waals surface area contributed by atoms with E-state index in [0.29, 0.717) is 49.5 Å². The Balaban J connectivity index is 0.963. The Kier molecular flexibility index (Phi) is 15.5. The molecule has 0 spiro atoms. The van der Waals surface area contributed by atoms with Crippen LogP contribution in [0.15, 0.2) is 0 Å². The van der Waals surface area contributed by atoms with Crippen molar-refractivity contribution in [2.75, 3.05) is 13.1 Å². The molecule has 0 radical (unpaired) electrons. The van der Waals surface area contributed by atoms with Crippen LogP contribution < -0.4 is 22.1 Å². The maximum atomic E-state index is 13.8.